The number of carbonyl (C=O) groups is 2. The molecule has 2 aromatic rings. The van der Waals surface area contributed by atoms with Crippen LogP contribution in [0.4, 0.5) is 5.69 Å². The summed E-state index contributed by atoms with van der Waals surface area (Å²) < 4.78 is 4.79. The van der Waals surface area contributed by atoms with E-state index in [9.17, 15) is 9.59 Å². The van der Waals surface area contributed by atoms with Gasteiger partial charge in [0, 0.05) is 17.3 Å². The highest BCUT2D eigenvalue weighted by Gasteiger charge is 2.52. The van der Waals surface area contributed by atoms with Crippen molar-refractivity contribution in [3.8, 4) is 0 Å². The Morgan fingerprint density at radius 1 is 1.11 bits per heavy atom. The van der Waals surface area contributed by atoms with Gasteiger partial charge in [0.15, 0.2) is 0 Å². The normalized spacial score (nSPS) is 18.4. The van der Waals surface area contributed by atoms with Crippen molar-refractivity contribution in [1.29, 1.82) is 0 Å². The van der Waals surface area contributed by atoms with Crippen molar-refractivity contribution in [2.24, 2.45) is 0 Å². The molecule has 0 radical (unpaired) electrons. The van der Waals surface area contributed by atoms with Gasteiger partial charge in [0.25, 0.3) is 0 Å². The Labute approximate surface area is 169 Å². The van der Waals surface area contributed by atoms with E-state index in [-0.39, 0.29) is 12.5 Å². The Kier molecular flexibility index (Phi) is 5.13. The number of esters is 1. The number of hydrogen-bond donors (Lipinski definition) is 0. The summed E-state index contributed by atoms with van der Waals surface area (Å²) in [7, 11) is 1.35. The Bertz CT molecular complexity index is 889. The fourth-order valence-corrected chi connectivity index (χ4v) is 4.50. The molecule has 0 bridgehead atoms. The lowest BCUT2D eigenvalue weighted by Crippen LogP contribution is -2.49. The summed E-state index contributed by atoms with van der Waals surface area (Å²) in [5, 5.41) is 0.736. The number of halogens is 1. The summed E-state index contributed by atoms with van der Waals surface area (Å²) in [5.41, 5.74) is 2.55. The fourth-order valence-electron chi connectivity index (χ4n) is 4.37. The number of fused-ring (bicyclic) bond motifs is 2. The van der Waals surface area contributed by atoms with E-state index in [1.165, 1.54) is 12.7 Å². The molecule has 4 rings (SSSR count). The van der Waals surface area contributed by atoms with Gasteiger partial charge in [-0.25, -0.2) is 0 Å². The molecular formula is C22H23ClN2O3. The molecule has 1 spiro atoms. The molecule has 0 aromatic heterocycles. The van der Waals surface area contributed by atoms with Crippen LogP contribution in [0.25, 0.3) is 0 Å². The standard InChI is InChI=1S/C22H23ClN2O3/c1-28-20(26)15-25-19-5-3-2-4-18(19)22(21(25)27)10-12-24(13-11-22)14-16-6-8-17(23)9-7-16/h2-9H,10-15H2,1H3. The molecule has 1 fully saturated rings. The molecule has 2 aliphatic rings. The Balaban J connectivity index is 1.53. The molecule has 1 saturated heterocycles. The van der Waals surface area contributed by atoms with E-state index >= 15 is 0 Å². The zero-order chi connectivity index (χ0) is 19.7. The molecule has 0 aliphatic carbocycles. The lowest BCUT2D eigenvalue weighted by Gasteiger charge is -2.38. The van der Waals surface area contributed by atoms with E-state index in [0.717, 1.165) is 48.7 Å². The van der Waals surface area contributed by atoms with E-state index in [1.54, 1.807) is 4.90 Å². The highest BCUT2D eigenvalue weighted by Crippen LogP contribution is 2.47. The molecule has 6 heteroatoms. The van der Waals surface area contributed by atoms with E-state index in [4.69, 9.17) is 16.3 Å². The Hall–Kier alpha value is -2.37. The van der Waals surface area contributed by atoms with Crippen LogP contribution in [-0.4, -0.2) is 43.5 Å². The number of anilines is 1. The van der Waals surface area contributed by atoms with Gasteiger partial charge in [0.1, 0.15) is 6.54 Å². The molecule has 2 heterocycles. The third-order valence-corrected chi connectivity index (χ3v) is 6.16. The zero-order valence-corrected chi connectivity index (χ0v) is 16.6. The molecule has 2 aliphatic heterocycles. The van der Waals surface area contributed by atoms with Crippen molar-refractivity contribution in [2.45, 2.75) is 24.8 Å². The average molecular weight is 399 g/mol. The monoisotopic (exact) mass is 398 g/mol. The van der Waals surface area contributed by atoms with Gasteiger partial charge in [-0.05, 0) is 55.3 Å². The third kappa shape index (κ3) is 3.29. The molecule has 0 N–H and O–H groups in total. The summed E-state index contributed by atoms with van der Waals surface area (Å²) in [6, 6.07) is 15.7. The molecule has 5 nitrogen and oxygen atoms in total. The van der Waals surface area contributed by atoms with Crippen LogP contribution in [0.5, 0.6) is 0 Å². The maximum absolute atomic E-state index is 13.4. The van der Waals surface area contributed by atoms with Crippen molar-refractivity contribution < 1.29 is 14.3 Å². The van der Waals surface area contributed by atoms with Crippen LogP contribution in [0.2, 0.25) is 5.02 Å². The van der Waals surface area contributed by atoms with Gasteiger partial charge in [0.2, 0.25) is 5.91 Å². The van der Waals surface area contributed by atoms with E-state index in [1.807, 2.05) is 48.5 Å². The minimum absolute atomic E-state index is 0.0187. The van der Waals surface area contributed by atoms with Gasteiger partial charge in [-0.3, -0.25) is 14.5 Å². The molecule has 0 saturated carbocycles. The van der Waals surface area contributed by atoms with Crippen LogP contribution in [0.1, 0.15) is 24.0 Å². The van der Waals surface area contributed by atoms with Crippen molar-refractivity contribution in [3.63, 3.8) is 0 Å². The summed E-state index contributed by atoms with van der Waals surface area (Å²) in [6.45, 7) is 2.46. The molecule has 1 amide bonds. The number of amides is 1. The fraction of sp³-hybridized carbons (Fsp3) is 0.364. The van der Waals surface area contributed by atoms with Crippen LogP contribution in [0, 0.1) is 0 Å². The van der Waals surface area contributed by atoms with Crippen molar-refractivity contribution >= 4 is 29.2 Å². The predicted molar refractivity (Wildman–Crippen MR) is 108 cm³/mol. The van der Waals surface area contributed by atoms with E-state index < -0.39 is 11.4 Å². The summed E-state index contributed by atoms with van der Waals surface area (Å²) in [5.74, 6) is -0.384. The number of likely N-dealkylation sites (tertiary alicyclic amines) is 1. The van der Waals surface area contributed by atoms with Crippen molar-refractivity contribution in [3.05, 3.63) is 64.7 Å². The SMILES string of the molecule is COC(=O)CN1C(=O)C2(CCN(Cc3ccc(Cl)cc3)CC2)c2ccccc21. The first-order valence-corrected chi connectivity index (χ1v) is 9.86. The molecule has 0 atom stereocenters. The number of benzene rings is 2. The smallest absolute Gasteiger partial charge is 0.325 e. The third-order valence-electron chi connectivity index (χ3n) is 5.91. The van der Waals surface area contributed by atoms with E-state index in [0.29, 0.717) is 0 Å². The summed E-state index contributed by atoms with van der Waals surface area (Å²) in [6.07, 6.45) is 1.49. The number of nitrogens with zero attached hydrogens (tertiary/aromatic N) is 2. The number of carbonyl (C=O) groups excluding carboxylic acids is 2. The van der Waals surface area contributed by atoms with Crippen LogP contribution in [0.15, 0.2) is 48.5 Å². The molecular weight excluding hydrogens is 376 g/mol. The van der Waals surface area contributed by atoms with Gasteiger partial charge in [-0.2, -0.15) is 0 Å². The van der Waals surface area contributed by atoms with Crippen LogP contribution >= 0.6 is 11.6 Å². The van der Waals surface area contributed by atoms with Crippen LogP contribution in [0.3, 0.4) is 0 Å². The van der Waals surface area contributed by atoms with Gasteiger partial charge in [-0.15, -0.1) is 0 Å². The molecule has 28 heavy (non-hydrogen) atoms. The highest BCUT2D eigenvalue weighted by molar-refractivity contribution is 6.30. The predicted octanol–water partition coefficient (Wildman–Crippen LogP) is 3.39. The summed E-state index contributed by atoms with van der Waals surface area (Å²) >= 11 is 5.97. The number of para-hydroxylation sites is 1. The zero-order valence-electron chi connectivity index (χ0n) is 15.9. The lowest BCUT2D eigenvalue weighted by atomic mass is 9.73. The maximum Gasteiger partial charge on any atom is 0.325 e. The van der Waals surface area contributed by atoms with Gasteiger partial charge in [-0.1, -0.05) is 41.9 Å². The molecule has 146 valence electrons. The average Bonchev–Trinajstić information content (AvgIpc) is 2.94. The second-order valence-corrected chi connectivity index (χ2v) is 7.91. The lowest BCUT2D eigenvalue weighted by molar-refractivity contribution is -0.140. The Morgan fingerprint density at radius 2 is 1.79 bits per heavy atom. The topological polar surface area (TPSA) is 49.9 Å². The first-order valence-electron chi connectivity index (χ1n) is 9.48. The van der Waals surface area contributed by atoms with E-state index in [2.05, 4.69) is 4.90 Å². The molecule has 0 unspecified atom stereocenters. The van der Waals surface area contributed by atoms with Crippen molar-refractivity contribution in [2.75, 3.05) is 31.6 Å². The molecule has 2 aromatic carbocycles. The number of ether oxygens (including phenoxy) is 1. The number of piperidine rings is 1. The minimum atomic E-state index is -0.541. The summed E-state index contributed by atoms with van der Waals surface area (Å²) in [4.78, 5) is 29.2. The van der Waals surface area contributed by atoms with Gasteiger partial charge in [0.05, 0.1) is 12.5 Å². The van der Waals surface area contributed by atoms with Crippen LogP contribution in [-0.2, 0) is 26.3 Å². The van der Waals surface area contributed by atoms with Gasteiger partial charge >= 0.3 is 5.97 Å². The first kappa shape index (κ1) is 19.0. The van der Waals surface area contributed by atoms with Crippen LogP contribution < -0.4 is 4.90 Å². The number of methoxy groups -OCH3 is 1. The Morgan fingerprint density at radius 3 is 2.46 bits per heavy atom. The largest absolute Gasteiger partial charge is 0.468 e. The quantitative estimate of drug-likeness (QED) is 0.741. The second kappa shape index (κ2) is 7.57. The minimum Gasteiger partial charge on any atom is -0.468 e. The number of rotatable bonds is 4. The second-order valence-electron chi connectivity index (χ2n) is 7.47. The highest BCUT2D eigenvalue weighted by atomic mass is 35.5. The number of hydrogen-bond acceptors (Lipinski definition) is 4. The maximum atomic E-state index is 13.4. The van der Waals surface area contributed by atoms with Crippen molar-refractivity contribution in [1.82, 2.24) is 4.90 Å². The first-order chi connectivity index (χ1) is 13.5. The van der Waals surface area contributed by atoms with Gasteiger partial charge < -0.3 is 9.64 Å².